The molecule has 0 radical (unpaired) electrons. The quantitative estimate of drug-likeness (QED) is 0.0106. The van der Waals surface area contributed by atoms with E-state index in [0.717, 1.165) is 32.1 Å². The van der Waals surface area contributed by atoms with E-state index in [4.69, 9.17) is 23.7 Å². The Kier molecular flexibility index (Phi) is 34.3. The number of amides is 3. The number of ether oxygens (including phenoxy) is 5. The Hall–Kier alpha value is -6.96. The number of nitrogens with one attached hydrogen (secondary N) is 3. The molecule has 3 aromatic rings. The maximum Gasteiger partial charge on any atom is 0.347 e. The first-order chi connectivity index (χ1) is 41.6. The van der Waals surface area contributed by atoms with E-state index in [-0.39, 0.29) is 92.3 Å². The molecule has 86 heavy (non-hydrogen) atoms. The van der Waals surface area contributed by atoms with Gasteiger partial charge >= 0.3 is 23.9 Å². The van der Waals surface area contributed by atoms with Gasteiger partial charge in [0.05, 0.1) is 30.9 Å². The number of hydrogen-bond donors (Lipinski definition) is 7. The van der Waals surface area contributed by atoms with Crippen LogP contribution in [0.4, 0.5) is 0 Å². The lowest BCUT2D eigenvalue weighted by Gasteiger charge is -2.42. The summed E-state index contributed by atoms with van der Waals surface area (Å²) in [6.45, 7) is 5.16. The number of benzene rings is 2. The average Bonchev–Trinajstić information content (AvgIpc) is 2.75. The van der Waals surface area contributed by atoms with Crippen molar-refractivity contribution < 1.29 is 77.7 Å². The van der Waals surface area contributed by atoms with Crippen molar-refractivity contribution in [2.24, 2.45) is 5.41 Å². The van der Waals surface area contributed by atoms with Crippen LogP contribution >= 0.6 is 21.6 Å². The third kappa shape index (κ3) is 27.2. The van der Waals surface area contributed by atoms with Crippen LogP contribution in [0.5, 0.6) is 11.5 Å². The van der Waals surface area contributed by atoms with Crippen LogP contribution < -0.4 is 25.4 Å². The van der Waals surface area contributed by atoms with Gasteiger partial charge in [0.1, 0.15) is 48.0 Å². The summed E-state index contributed by atoms with van der Waals surface area (Å²) in [4.78, 5) is 98.3. The minimum atomic E-state index is -1.59. The van der Waals surface area contributed by atoms with E-state index in [9.17, 15) is 54.0 Å². The standard InChI is InChI=1S/C63H83N5O16S2/c1-4-5-6-7-8-9-10-11-12-13-14-15-16-17-18-19-20-31-55(73)81-45-63(2,3)58(84-62(79)48-28-22-24-30-52(48)83-61(78)47-27-21-23-29-51(47)82-60(77)46-26-25-33-64-41-46)59(76)67-34-32-53(71)65-35-39-85-86-40-36-66-54(72)44-80-38-37-68-42-50(70)57(75)56(74)49(68)43-69/h5-6,8-9,11-12,14-15,17-18,21-30,33,41,49-50,56-58,69-70,74-75H,4,7,10,13,16,19-20,31-32,34-40,42-45H2,1-3H3,(H,65,71)(H,66,72)(H,67,76)/b6-5-,9-8-,12-11-,15-14-,18-17+/t49?,50?,56-,57-,58+/m1/s1. The number of hydrogen-bond acceptors (Lipinski definition) is 20. The number of esters is 4. The fourth-order valence-corrected chi connectivity index (χ4v) is 10.0. The monoisotopic (exact) mass is 1230 g/mol. The second-order valence-corrected chi connectivity index (χ2v) is 23.0. The predicted molar refractivity (Wildman–Crippen MR) is 329 cm³/mol. The highest BCUT2D eigenvalue weighted by molar-refractivity contribution is 8.76. The van der Waals surface area contributed by atoms with Crippen LogP contribution in [0.15, 0.2) is 134 Å². The molecule has 7 N–H and O–H groups in total. The zero-order chi connectivity index (χ0) is 62.4. The largest absolute Gasteiger partial charge is 0.465 e. The van der Waals surface area contributed by atoms with Gasteiger partial charge in [-0.25, -0.2) is 14.4 Å². The Morgan fingerprint density at radius 3 is 1.88 bits per heavy atom. The summed E-state index contributed by atoms with van der Waals surface area (Å²) in [7, 11) is 2.96. The smallest absolute Gasteiger partial charge is 0.347 e. The summed E-state index contributed by atoms with van der Waals surface area (Å²) >= 11 is 0. The molecule has 5 atom stereocenters. The van der Waals surface area contributed by atoms with Crippen LogP contribution in [0.25, 0.3) is 0 Å². The Labute approximate surface area is 511 Å². The Morgan fingerprint density at radius 1 is 0.698 bits per heavy atom. The third-order valence-corrected chi connectivity index (χ3v) is 15.3. The summed E-state index contributed by atoms with van der Waals surface area (Å²) in [6.07, 6.45) is 24.0. The maximum absolute atomic E-state index is 14.1. The molecule has 2 aromatic carbocycles. The average molecular weight is 1230 g/mol. The van der Waals surface area contributed by atoms with Crippen LogP contribution in [-0.2, 0) is 33.4 Å². The van der Waals surface area contributed by atoms with Gasteiger partial charge in [0.15, 0.2) is 6.10 Å². The molecule has 2 unspecified atom stereocenters. The number of carbonyl (C=O) groups is 7. The normalized spacial score (nSPS) is 16.8. The zero-order valence-electron chi connectivity index (χ0n) is 49.1. The van der Waals surface area contributed by atoms with E-state index in [2.05, 4.69) is 76.5 Å². The molecular formula is C63H83N5O16S2. The van der Waals surface area contributed by atoms with Crippen molar-refractivity contribution in [3.05, 3.63) is 151 Å². The van der Waals surface area contributed by atoms with Crippen molar-refractivity contribution in [2.75, 3.05) is 70.7 Å². The van der Waals surface area contributed by atoms with Gasteiger partial charge in [0.25, 0.3) is 5.91 Å². The van der Waals surface area contributed by atoms with E-state index in [1.165, 1.54) is 82.5 Å². The second kappa shape index (κ2) is 41.2. The first-order valence-corrected chi connectivity index (χ1v) is 31.2. The molecule has 1 fully saturated rings. The number of aliphatic hydroxyl groups is 4. The molecule has 21 nitrogen and oxygen atoms in total. The molecule has 1 aromatic heterocycles. The molecule has 468 valence electrons. The molecule has 0 spiro atoms. The highest BCUT2D eigenvalue weighted by atomic mass is 33.1. The molecule has 0 aliphatic carbocycles. The maximum atomic E-state index is 14.1. The molecular weight excluding hydrogens is 1150 g/mol. The summed E-state index contributed by atoms with van der Waals surface area (Å²) in [6, 6.07) is 13.8. The molecule has 23 heteroatoms. The summed E-state index contributed by atoms with van der Waals surface area (Å²) in [5.74, 6) is -4.07. The van der Waals surface area contributed by atoms with Gasteiger partial charge in [-0.05, 0) is 81.3 Å². The number of rotatable bonds is 39. The summed E-state index contributed by atoms with van der Waals surface area (Å²) < 4.78 is 28.2. The van der Waals surface area contributed by atoms with Gasteiger partial charge in [-0.2, -0.15) is 0 Å². The number of allylic oxidation sites excluding steroid dienone is 10. The van der Waals surface area contributed by atoms with Crippen LogP contribution in [0.2, 0.25) is 0 Å². The molecule has 3 amide bonds. The van der Waals surface area contributed by atoms with E-state index in [0.29, 0.717) is 37.4 Å². The minimum Gasteiger partial charge on any atom is -0.465 e. The number of para-hydroxylation sites is 2. The number of unbranched alkanes of at least 4 members (excludes halogenated alkanes) is 1. The Bertz CT molecular complexity index is 2740. The fraction of sp³-hybridized carbons (Fsp3) is 0.460. The molecule has 2 heterocycles. The molecule has 1 aliphatic rings. The lowest BCUT2D eigenvalue weighted by molar-refractivity contribution is -0.153. The number of β-amino-alcohol motifs (C(OH)–C–C–N with tert-alkyl or cyclic N) is 1. The number of aliphatic hydroxyl groups excluding tert-OH is 4. The van der Waals surface area contributed by atoms with E-state index < -0.39 is 72.3 Å². The second-order valence-electron chi connectivity index (χ2n) is 20.3. The number of aromatic nitrogens is 1. The number of piperidine rings is 1. The SMILES string of the molecule is CC/C=C\C/C=C\C/C=C\C/C=C\C/C=C/CCCC(=O)OCC(C)(C)[C@@H](OC(=O)c1ccccc1OC(=O)c1ccccc1OC(=O)c1cccnc1)C(=O)NCCC(=O)NCCSSCCNC(=O)COCCN1CC(O)[C@@H](O)[C@H](O)C1CO. The predicted octanol–water partition coefficient (Wildman–Crippen LogP) is 6.43. The van der Waals surface area contributed by atoms with Gasteiger partial charge in [-0.15, -0.1) is 0 Å². The van der Waals surface area contributed by atoms with Gasteiger partial charge in [-0.3, -0.25) is 29.1 Å². The van der Waals surface area contributed by atoms with Crippen LogP contribution in [0, 0.1) is 5.41 Å². The number of likely N-dealkylation sites (tertiary alicyclic amines) is 1. The summed E-state index contributed by atoms with van der Waals surface area (Å²) in [5, 5.41) is 47.8. The van der Waals surface area contributed by atoms with Crippen molar-refractivity contribution in [1.82, 2.24) is 25.8 Å². The topological polar surface area (TPSA) is 299 Å². The van der Waals surface area contributed by atoms with E-state index in [1.54, 1.807) is 30.9 Å². The van der Waals surface area contributed by atoms with Gasteiger partial charge in [0, 0.05) is 74.9 Å². The lowest BCUT2D eigenvalue weighted by atomic mass is 9.86. The van der Waals surface area contributed by atoms with Crippen molar-refractivity contribution in [1.29, 1.82) is 0 Å². The van der Waals surface area contributed by atoms with Gasteiger partial charge in [-0.1, -0.05) is 127 Å². The van der Waals surface area contributed by atoms with Crippen LogP contribution in [0.3, 0.4) is 0 Å². The Balaban J connectivity index is 1.26. The first kappa shape index (κ1) is 71.5. The number of pyridine rings is 1. The molecule has 1 saturated heterocycles. The molecule has 1 aliphatic heterocycles. The van der Waals surface area contributed by atoms with Crippen molar-refractivity contribution in [3.8, 4) is 11.5 Å². The van der Waals surface area contributed by atoms with Crippen LogP contribution in [0.1, 0.15) is 110 Å². The highest BCUT2D eigenvalue weighted by Gasteiger charge is 2.42. The van der Waals surface area contributed by atoms with Crippen molar-refractivity contribution in [2.45, 2.75) is 109 Å². The van der Waals surface area contributed by atoms with E-state index >= 15 is 0 Å². The lowest BCUT2D eigenvalue weighted by Crippen LogP contribution is -2.62. The van der Waals surface area contributed by atoms with E-state index in [1.807, 2.05) is 12.2 Å². The van der Waals surface area contributed by atoms with Gasteiger partial charge < -0.3 is 60.1 Å². The first-order valence-electron chi connectivity index (χ1n) is 28.7. The number of nitrogens with zero attached hydrogens (tertiary/aromatic N) is 2. The van der Waals surface area contributed by atoms with Crippen LogP contribution in [-0.4, -0.2) is 173 Å². The van der Waals surface area contributed by atoms with Crippen molar-refractivity contribution in [3.63, 3.8) is 0 Å². The Morgan fingerprint density at radius 2 is 1.28 bits per heavy atom. The molecule has 4 rings (SSSR count). The molecule has 0 bridgehead atoms. The molecule has 0 saturated carbocycles. The summed E-state index contributed by atoms with van der Waals surface area (Å²) in [5.41, 5.74) is -1.56. The van der Waals surface area contributed by atoms with Gasteiger partial charge in [0.2, 0.25) is 11.8 Å². The zero-order valence-corrected chi connectivity index (χ0v) is 50.8. The van der Waals surface area contributed by atoms with Crippen molar-refractivity contribution >= 4 is 63.2 Å². The third-order valence-electron chi connectivity index (χ3n) is 12.9. The highest BCUT2D eigenvalue weighted by Crippen LogP contribution is 2.30. The fourth-order valence-electron chi connectivity index (χ4n) is 8.23. The number of carbonyl (C=O) groups excluding carboxylic acids is 7. The minimum absolute atomic E-state index is 0.0344.